The molecule has 20 heteroatoms. The Morgan fingerprint density at radius 1 is 0.747 bits per heavy atom. The van der Waals surface area contributed by atoms with Crippen LogP contribution in [0.25, 0.3) is 20.9 Å². The number of nitrogens with one attached hydrogen (secondary N) is 5. The molecule has 0 aliphatic carbocycles. The van der Waals surface area contributed by atoms with Crippen molar-refractivity contribution in [2.24, 2.45) is 0 Å². The molecule has 18 nitrogen and oxygen atoms in total. The summed E-state index contributed by atoms with van der Waals surface area (Å²) >= 11 is 1.47. The largest absolute Gasteiger partial charge is 0.493 e. The van der Waals surface area contributed by atoms with E-state index in [2.05, 4.69) is 26.6 Å². The van der Waals surface area contributed by atoms with Gasteiger partial charge in [0.15, 0.2) is 0 Å². The molecule has 0 radical (unpaired) electrons. The van der Waals surface area contributed by atoms with Crippen molar-refractivity contribution < 1.29 is 56.4 Å². The van der Waals surface area contributed by atoms with Crippen LogP contribution in [0.4, 0.5) is 0 Å². The second-order valence-electron chi connectivity index (χ2n) is 19.9. The van der Waals surface area contributed by atoms with Crippen LogP contribution >= 0.6 is 11.3 Å². The number of carbonyl (C=O) groups is 7. The predicted octanol–water partition coefficient (Wildman–Crippen LogP) is 6.23. The number of amides is 6. The summed E-state index contributed by atoms with van der Waals surface area (Å²) in [5, 5.41) is 27.8. The Morgan fingerprint density at radius 2 is 1.39 bits per heavy atom. The number of hydrogen-bond acceptors (Lipinski definition) is 11. The number of rotatable bonds is 25. The van der Waals surface area contributed by atoms with Crippen molar-refractivity contribution in [1.29, 1.82) is 0 Å². The van der Waals surface area contributed by atoms with E-state index in [1.54, 1.807) is 58.0 Å². The highest BCUT2D eigenvalue weighted by atomic mass is 32.2. The van der Waals surface area contributed by atoms with Crippen LogP contribution in [0.15, 0.2) is 90.3 Å². The smallest absolute Gasteiger partial charge is 0.303 e. The third-order valence-electron chi connectivity index (χ3n) is 12.8. The van der Waals surface area contributed by atoms with E-state index in [9.17, 15) is 51.6 Å². The zero-order chi connectivity index (χ0) is 54.5. The second-order valence-corrected chi connectivity index (χ2v) is 22.2. The number of carboxylic acids is 1. The Balaban J connectivity index is 1.27. The summed E-state index contributed by atoms with van der Waals surface area (Å²) in [6.07, 6.45) is 1.84. The van der Waals surface area contributed by atoms with Gasteiger partial charge in [-0.3, -0.25) is 38.1 Å². The maximum atomic E-state index is 14.8. The van der Waals surface area contributed by atoms with E-state index >= 15 is 0 Å². The molecule has 0 bridgehead atoms. The van der Waals surface area contributed by atoms with Crippen LogP contribution in [-0.2, 0) is 57.5 Å². The van der Waals surface area contributed by atoms with Gasteiger partial charge >= 0.3 is 5.97 Å². The van der Waals surface area contributed by atoms with Crippen molar-refractivity contribution in [3.63, 3.8) is 0 Å². The normalized spacial score (nSPS) is 15.3. The molecule has 5 aromatic rings. The third-order valence-corrected chi connectivity index (χ3v) is 14.5. The number of nitrogens with zero attached hydrogens (tertiary/aromatic N) is 1. The molecule has 5 atom stereocenters. The van der Waals surface area contributed by atoms with Gasteiger partial charge in [-0.1, -0.05) is 92.6 Å². The van der Waals surface area contributed by atoms with Crippen molar-refractivity contribution >= 4 is 83.7 Å². The molecule has 1 aliphatic heterocycles. The molecule has 1 aromatic heterocycles. The Bertz CT molecular complexity index is 2970. The minimum Gasteiger partial charge on any atom is -0.493 e. The summed E-state index contributed by atoms with van der Waals surface area (Å²) in [4.78, 5) is 99.4. The van der Waals surface area contributed by atoms with Gasteiger partial charge in [-0.25, -0.2) is 0 Å². The van der Waals surface area contributed by atoms with Crippen LogP contribution in [0.1, 0.15) is 113 Å². The highest BCUT2D eigenvalue weighted by molar-refractivity contribution is 7.85. The molecule has 1 aliphatic rings. The molecule has 6 rings (SSSR count). The van der Waals surface area contributed by atoms with Crippen molar-refractivity contribution in [2.75, 3.05) is 13.2 Å². The zero-order valence-electron chi connectivity index (χ0n) is 43.0. The van der Waals surface area contributed by atoms with Gasteiger partial charge in [-0.15, -0.1) is 11.3 Å². The molecule has 1 saturated heterocycles. The lowest BCUT2D eigenvalue weighted by molar-refractivity contribution is -0.142. The minimum atomic E-state index is -4.33. The van der Waals surface area contributed by atoms with Crippen LogP contribution in [0.2, 0.25) is 0 Å². The van der Waals surface area contributed by atoms with E-state index < -0.39 is 93.0 Å². The zero-order valence-corrected chi connectivity index (χ0v) is 44.6. The molecule has 402 valence electrons. The number of carboxylic acid groups (broad SMARTS) is 1. The fourth-order valence-electron chi connectivity index (χ4n) is 9.20. The Morgan fingerprint density at radius 3 is 2.05 bits per heavy atom. The lowest BCUT2D eigenvalue weighted by Crippen LogP contribution is -2.59. The van der Waals surface area contributed by atoms with Crippen molar-refractivity contribution in [2.45, 2.75) is 140 Å². The molecule has 0 spiro atoms. The standard InChI is InChI=1S/C55H68N6O12S2/c1-6-8-18-41(57-49(64)42(30-34-23-25-35(26-24-34)33-75(70,71)72)59-53(68)48-39-17-10-9-15-36(39)27-28-45(48)73-7-2)54(69)61-29-14-20-44(61)52(67)58-43(31-37-32-74-46-21-12-11-16-38(37)46)50(65)56-40(19-13-22-47(62)63)51(66)60-55(3,4)5/h9-12,15-17,21,23-28,32,40-44H,6-8,13-14,18-20,22,29-31,33H2,1-5H3,(H,56,65)(H,57,64)(H,58,67)(H,59,68)(H,60,66)(H,62,63)(H,70,71,72)/t40-,41-,42-,43-,44-/m0/s1. The number of hydrogen-bond donors (Lipinski definition) is 7. The number of likely N-dealkylation sites (tertiary alicyclic amines) is 1. The number of unbranched alkanes of at least 4 members (excludes halogenated alkanes) is 1. The predicted molar refractivity (Wildman–Crippen MR) is 287 cm³/mol. The highest BCUT2D eigenvalue weighted by Gasteiger charge is 2.40. The maximum Gasteiger partial charge on any atom is 0.303 e. The van der Waals surface area contributed by atoms with Gasteiger partial charge in [-0.05, 0) is 110 Å². The first-order chi connectivity index (χ1) is 35.6. The van der Waals surface area contributed by atoms with Crippen LogP contribution in [0.3, 0.4) is 0 Å². The van der Waals surface area contributed by atoms with Gasteiger partial charge in [0.25, 0.3) is 16.0 Å². The van der Waals surface area contributed by atoms with Gasteiger partial charge in [0.1, 0.15) is 41.7 Å². The number of thiophene rings is 1. The molecule has 7 N–H and O–H groups in total. The average Bonchev–Trinajstić information content (AvgIpc) is 4.02. The first kappa shape index (κ1) is 57.4. The summed E-state index contributed by atoms with van der Waals surface area (Å²) in [6, 6.07) is 18.6. The monoisotopic (exact) mass is 1070 g/mol. The van der Waals surface area contributed by atoms with Crippen LogP contribution in [-0.4, -0.2) is 113 Å². The second kappa shape index (κ2) is 26.0. The lowest BCUT2D eigenvalue weighted by atomic mass is 10.00. The van der Waals surface area contributed by atoms with Gasteiger partial charge in [0.2, 0.25) is 29.5 Å². The molecule has 2 heterocycles. The molecule has 4 aromatic carbocycles. The summed E-state index contributed by atoms with van der Waals surface area (Å²) in [6.45, 7) is 9.46. The van der Waals surface area contributed by atoms with Gasteiger partial charge in [0, 0.05) is 36.0 Å². The quantitative estimate of drug-likeness (QED) is 0.0321. The molecular formula is C55H68N6O12S2. The number of aliphatic carboxylic acids is 1. The Labute approximate surface area is 441 Å². The fourth-order valence-corrected chi connectivity index (χ4v) is 10.8. The lowest BCUT2D eigenvalue weighted by Gasteiger charge is -2.31. The SMILES string of the molecule is CCCC[C@H](NC(=O)[C@H](Cc1ccc(CS(=O)(=O)O)cc1)NC(=O)c1c(OCC)ccc2ccccc12)C(=O)N1CCC[C@H]1C(=O)N[C@@H](Cc1csc2ccccc12)C(=O)N[C@@H](CCCC(=O)O)C(=O)NC(C)(C)C. The van der Waals surface area contributed by atoms with Crippen LogP contribution in [0, 0.1) is 0 Å². The summed E-state index contributed by atoms with van der Waals surface area (Å²) < 4.78 is 39.5. The highest BCUT2D eigenvalue weighted by Crippen LogP contribution is 2.30. The van der Waals surface area contributed by atoms with E-state index in [1.807, 2.05) is 54.8 Å². The van der Waals surface area contributed by atoms with Gasteiger partial charge in [0.05, 0.1) is 12.2 Å². The number of benzene rings is 4. The minimum absolute atomic E-state index is 0.0170. The van der Waals surface area contributed by atoms with Crippen LogP contribution < -0.4 is 31.3 Å². The van der Waals surface area contributed by atoms with E-state index in [0.29, 0.717) is 41.5 Å². The topological polar surface area (TPSA) is 267 Å². The third kappa shape index (κ3) is 16.3. The van der Waals surface area contributed by atoms with Crippen molar-refractivity contribution in [1.82, 2.24) is 31.5 Å². The van der Waals surface area contributed by atoms with Crippen molar-refractivity contribution in [3.05, 3.63) is 113 Å². The van der Waals surface area contributed by atoms with E-state index in [0.717, 1.165) is 21.0 Å². The molecule has 75 heavy (non-hydrogen) atoms. The van der Waals surface area contributed by atoms with E-state index in [4.69, 9.17) is 4.74 Å². The maximum absolute atomic E-state index is 14.8. The summed E-state index contributed by atoms with van der Waals surface area (Å²) in [7, 11) is -4.33. The van der Waals surface area contributed by atoms with E-state index in [1.165, 1.54) is 28.4 Å². The molecule has 1 fully saturated rings. The van der Waals surface area contributed by atoms with Gasteiger partial charge in [-0.2, -0.15) is 8.42 Å². The molecule has 0 saturated carbocycles. The number of ether oxygens (including phenoxy) is 1. The average molecular weight is 1070 g/mol. The fraction of sp³-hybridized carbons (Fsp3) is 0.436. The number of carbonyl (C=O) groups excluding carboxylic acids is 6. The Kier molecular flexibility index (Phi) is 19.9. The first-order valence-electron chi connectivity index (χ1n) is 25.3. The number of fused-ring (bicyclic) bond motifs is 2. The Hall–Kier alpha value is -6.90. The van der Waals surface area contributed by atoms with E-state index in [-0.39, 0.29) is 63.7 Å². The van der Waals surface area contributed by atoms with Gasteiger partial charge < -0.3 is 41.3 Å². The molecular weight excluding hydrogens is 1000 g/mol. The summed E-state index contributed by atoms with van der Waals surface area (Å²) in [5.74, 6) is -5.06. The first-order valence-corrected chi connectivity index (χ1v) is 27.8. The summed E-state index contributed by atoms with van der Waals surface area (Å²) in [5.41, 5.74) is 1.11. The van der Waals surface area contributed by atoms with Crippen LogP contribution in [0.5, 0.6) is 5.75 Å². The molecule has 0 unspecified atom stereocenters. The van der Waals surface area contributed by atoms with Crippen molar-refractivity contribution in [3.8, 4) is 5.75 Å². The molecule has 6 amide bonds.